The maximum absolute atomic E-state index is 11.3. The van der Waals surface area contributed by atoms with Crippen molar-refractivity contribution in [3.63, 3.8) is 0 Å². The van der Waals surface area contributed by atoms with Crippen LogP contribution in [0.3, 0.4) is 0 Å². The molecule has 6 heteroatoms. The van der Waals surface area contributed by atoms with Gasteiger partial charge in [-0.05, 0) is 28.1 Å². The lowest BCUT2D eigenvalue weighted by Crippen LogP contribution is -2.25. The second-order valence-corrected chi connectivity index (χ2v) is 4.42. The third kappa shape index (κ3) is 3.45. The van der Waals surface area contributed by atoms with E-state index in [1.54, 1.807) is 30.1 Å². The van der Waals surface area contributed by atoms with E-state index in [1.165, 1.54) is 0 Å². The molecule has 1 rings (SSSR count). The number of benzene rings is 1. The van der Waals surface area contributed by atoms with E-state index in [-0.39, 0.29) is 6.42 Å². The van der Waals surface area contributed by atoms with Crippen LogP contribution in [0.5, 0.6) is 0 Å². The fourth-order valence-electron chi connectivity index (χ4n) is 1.46. The van der Waals surface area contributed by atoms with E-state index in [2.05, 4.69) is 15.9 Å². The molecule has 0 atom stereocenters. The number of carboxylic acid groups (broad SMARTS) is 1. The number of nitrogens with two attached hydrogens (primary N) is 1. The Kier molecular flexibility index (Phi) is 4.51. The van der Waals surface area contributed by atoms with Crippen LogP contribution in [0.1, 0.15) is 16.8 Å². The Morgan fingerprint density at radius 1 is 1.47 bits per heavy atom. The average molecular weight is 301 g/mol. The lowest BCUT2D eigenvalue weighted by atomic mass is 10.1. The number of rotatable bonds is 5. The van der Waals surface area contributed by atoms with Gasteiger partial charge in [-0.2, -0.15) is 0 Å². The van der Waals surface area contributed by atoms with Gasteiger partial charge in [0.05, 0.1) is 17.7 Å². The molecule has 3 N–H and O–H groups in total. The summed E-state index contributed by atoms with van der Waals surface area (Å²) in [4.78, 5) is 23.5. The second kappa shape index (κ2) is 5.67. The van der Waals surface area contributed by atoms with Crippen molar-refractivity contribution < 1.29 is 14.7 Å². The molecule has 0 radical (unpaired) electrons. The van der Waals surface area contributed by atoms with Gasteiger partial charge in [0.1, 0.15) is 0 Å². The van der Waals surface area contributed by atoms with Gasteiger partial charge in [0.15, 0.2) is 0 Å². The fourth-order valence-corrected chi connectivity index (χ4v) is 2.01. The highest BCUT2D eigenvalue weighted by Crippen LogP contribution is 2.26. The average Bonchev–Trinajstić information content (AvgIpc) is 2.24. The zero-order valence-electron chi connectivity index (χ0n) is 9.31. The van der Waals surface area contributed by atoms with Crippen LogP contribution in [-0.4, -0.2) is 30.6 Å². The minimum atomic E-state index is -0.882. The van der Waals surface area contributed by atoms with Crippen molar-refractivity contribution in [2.24, 2.45) is 5.73 Å². The number of nitrogens with zero attached hydrogens (tertiary/aromatic N) is 1. The van der Waals surface area contributed by atoms with Crippen LogP contribution in [-0.2, 0) is 4.79 Å². The maximum atomic E-state index is 11.3. The normalized spacial score (nSPS) is 10.0. The summed E-state index contributed by atoms with van der Waals surface area (Å²) in [6, 6.07) is 5.21. The maximum Gasteiger partial charge on any atom is 0.305 e. The van der Waals surface area contributed by atoms with E-state index in [0.717, 1.165) is 0 Å². The van der Waals surface area contributed by atoms with Gasteiger partial charge in [0.25, 0.3) is 5.91 Å². The summed E-state index contributed by atoms with van der Waals surface area (Å²) in [5.41, 5.74) is 6.28. The zero-order valence-corrected chi connectivity index (χ0v) is 10.9. The first-order chi connectivity index (χ1) is 7.93. The second-order valence-electron chi connectivity index (χ2n) is 3.56. The smallest absolute Gasteiger partial charge is 0.305 e. The van der Waals surface area contributed by atoms with Gasteiger partial charge in [0, 0.05) is 18.1 Å². The molecule has 0 aliphatic carbocycles. The quantitative estimate of drug-likeness (QED) is 0.862. The van der Waals surface area contributed by atoms with Crippen molar-refractivity contribution in [1.29, 1.82) is 0 Å². The Labute approximate surface area is 107 Å². The van der Waals surface area contributed by atoms with E-state index in [9.17, 15) is 9.59 Å². The molecule has 0 unspecified atom stereocenters. The zero-order chi connectivity index (χ0) is 13.0. The first-order valence-electron chi connectivity index (χ1n) is 4.94. The molecule has 0 spiro atoms. The van der Waals surface area contributed by atoms with Crippen LogP contribution in [0.25, 0.3) is 0 Å². The predicted octanol–water partition coefficient (Wildman–Crippen LogP) is 1.46. The molecule has 17 heavy (non-hydrogen) atoms. The van der Waals surface area contributed by atoms with Crippen molar-refractivity contribution in [3.8, 4) is 0 Å². The third-order valence-corrected chi connectivity index (χ3v) is 2.97. The van der Waals surface area contributed by atoms with Crippen LogP contribution in [0, 0.1) is 0 Å². The van der Waals surface area contributed by atoms with Crippen molar-refractivity contribution in [2.75, 3.05) is 18.5 Å². The van der Waals surface area contributed by atoms with Gasteiger partial charge in [-0.15, -0.1) is 0 Å². The van der Waals surface area contributed by atoms with E-state index >= 15 is 0 Å². The van der Waals surface area contributed by atoms with Crippen LogP contribution in [0.15, 0.2) is 22.7 Å². The molecule has 0 saturated heterocycles. The van der Waals surface area contributed by atoms with Gasteiger partial charge < -0.3 is 15.7 Å². The monoisotopic (exact) mass is 300 g/mol. The number of primary amides is 1. The number of amides is 1. The van der Waals surface area contributed by atoms with Crippen molar-refractivity contribution in [2.45, 2.75) is 6.42 Å². The minimum Gasteiger partial charge on any atom is -0.481 e. The number of carbonyl (C=O) groups excluding carboxylic acids is 1. The predicted molar refractivity (Wildman–Crippen MR) is 68.2 cm³/mol. The molecular weight excluding hydrogens is 288 g/mol. The summed E-state index contributed by atoms with van der Waals surface area (Å²) in [6.07, 6.45) is 0.00121. The first kappa shape index (κ1) is 13.5. The molecule has 92 valence electrons. The molecule has 0 saturated carbocycles. The molecular formula is C11H13BrN2O3. The molecule has 0 bridgehead atoms. The molecule has 0 aliphatic rings. The Morgan fingerprint density at radius 2 is 2.12 bits per heavy atom. The summed E-state index contributed by atoms with van der Waals surface area (Å²) < 4.78 is 0.602. The molecule has 0 heterocycles. The number of aliphatic carboxylic acids is 1. The standard InChI is InChI=1S/C11H13BrN2O3/c1-14(6-5-9(15)16)8-4-2-3-7(12)10(8)11(13)17/h2-4H,5-6H2,1H3,(H2,13,17)(H,15,16). The number of carboxylic acids is 1. The third-order valence-electron chi connectivity index (χ3n) is 2.31. The Morgan fingerprint density at radius 3 is 2.65 bits per heavy atom. The van der Waals surface area contributed by atoms with Gasteiger partial charge in [0.2, 0.25) is 0 Å². The van der Waals surface area contributed by atoms with Crippen LogP contribution < -0.4 is 10.6 Å². The highest BCUT2D eigenvalue weighted by Gasteiger charge is 2.15. The molecule has 0 aliphatic heterocycles. The summed E-state index contributed by atoms with van der Waals surface area (Å²) in [5, 5.41) is 8.61. The largest absolute Gasteiger partial charge is 0.481 e. The van der Waals surface area contributed by atoms with Gasteiger partial charge in [-0.1, -0.05) is 6.07 Å². The number of halogens is 1. The van der Waals surface area contributed by atoms with E-state index in [1.807, 2.05) is 0 Å². The topological polar surface area (TPSA) is 83.6 Å². The molecule has 0 aromatic heterocycles. The van der Waals surface area contributed by atoms with E-state index in [0.29, 0.717) is 22.3 Å². The highest BCUT2D eigenvalue weighted by atomic mass is 79.9. The number of anilines is 1. The molecule has 0 fully saturated rings. The van der Waals surface area contributed by atoms with Gasteiger partial charge in [-0.3, -0.25) is 9.59 Å². The summed E-state index contributed by atoms with van der Waals surface area (Å²) in [5.74, 6) is -1.43. The fraction of sp³-hybridized carbons (Fsp3) is 0.273. The summed E-state index contributed by atoms with van der Waals surface area (Å²) in [7, 11) is 1.72. The lowest BCUT2D eigenvalue weighted by Gasteiger charge is -2.21. The Hall–Kier alpha value is -1.56. The summed E-state index contributed by atoms with van der Waals surface area (Å²) in [6.45, 7) is 0.312. The first-order valence-corrected chi connectivity index (χ1v) is 5.74. The van der Waals surface area contributed by atoms with Gasteiger partial charge in [-0.25, -0.2) is 0 Å². The lowest BCUT2D eigenvalue weighted by molar-refractivity contribution is -0.136. The molecule has 1 aromatic rings. The van der Waals surface area contributed by atoms with Crippen LogP contribution in [0.4, 0.5) is 5.69 Å². The Balaban J connectivity index is 3.00. The summed E-state index contributed by atoms with van der Waals surface area (Å²) >= 11 is 3.25. The van der Waals surface area contributed by atoms with Crippen molar-refractivity contribution in [1.82, 2.24) is 0 Å². The highest BCUT2D eigenvalue weighted by molar-refractivity contribution is 9.10. The minimum absolute atomic E-state index is 0.00121. The molecule has 1 aromatic carbocycles. The van der Waals surface area contributed by atoms with Gasteiger partial charge >= 0.3 is 5.97 Å². The van der Waals surface area contributed by atoms with Crippen LogP contribution in [0.2, 0.25) is 0 Å². The van der Waals surface area contributed by atoms with E-state index in [4.69, 9.17) is 10.8 Å². The van der Waals surface area contributed by atoms with E-state index < -0.39 is 11.9 Å². The van der Waals surface area contributed by atoms with Crippen LogP contribution >= 0.6 is 15.9 Å². The number of carbonyl (C=O) groups is 2. The Bertz CT molecular complexity index is 448. The number of hydrogen-bond acceptors (Lipinski definition) is 3. The number of hydrogen-bond donors (Lipinski definition) is 2. The van der Waals surface area contributed by atoms with Crippen molar-refractivity contribution >= 4 is 33.5 Å². The molecule has 1 amide bonds. The molecule has 5 nitrogen and oxygen atoms in total. The SMILES string of the molecule is CN(CCC(=O)O)c1cccc(Br)c1C(N)=O. The van der Waals surface area contributed by atoms with Crippen molar-refractivity contribution in [3.05, 3.63) is 28.2 Å².